The summed E-state index contributed by atoms with van der Waals surface area (Å²) in [5.41, 5.74) is 0. The molecule has 0 saturated carbocycles. The number of hydrogen-bond acceptors (Lipinski definition) is 3. The quantitative estimate of drug-likeness (QED) is 0.869. The first-order valence-electron chi connectivity index (χ1n) is 4.44. The van der Waals surface area contributed by atoms with Crippen molar-refractivity contribution >= 4 is 27.6 Å². The number of carbonyl (C=O) groups is 1. The molecule has 8 heteroatoms. The Morgan fingerprint density at radius 2 is 2.12 bits per heavy atom. The van der Waals surface area contributed by atoms with Gasteiger partial charge in [-0.15, -0.1) is 0 Å². The fourth-order valence-electron chi connectivity index (χ4n) is 1.04. The summed E-state index contributed by atoms with van der Waals surface area (Å²) in [4.78, 5) is 9.86. The second-order valence-corrected chi connectivity index (χ2v) is 5.37. The Kier molecular flexibility index (Phi) is 4.07. The number of carboxylic acid groups (broad SMARTS) is 1. The molecule has 94 valence electrons. The lowest BCUT2D eigenvalue weighted by Crippen LogP contribution is -2.38. The van der Waals surface area contributed by atoms with E-state index in [1.54, 1.807) is 0 Å². The van der Waals surface area contributed by atoms with Gasteiger partial charge in [0.2, 0.25) is 10.0 Å². The van der Waals surface area contributed by atoms with Crippen molar-refractivity contribution in [2.75, 3.05) is 0 Å². The van der Waals surface area contributed by atoms with E-state index in [0.717, 1.165) is 19.1 Å². The first-order valence-corrected chi connectivity index (χ1v) is 6.30. The van der Waals surface area contributed by atoms with Gasteiger partial charge in [0.15, 0.2) is 0 Å². The van der Waals surface area contributed by atoms with Crippen LogP contribution in [-0.4, -0.2) is 25.5 Å². The highest BCUT2D eigenvalue weighted by Gasteiger charge is 2.24. The van der Waals surface area contributed by atoms with E-state index in [1.165, 1.54) is 6.07 Å². The average Bonchev–Trinajstić information content (AvgIpc) is 2.15. The van der Waals surface area contributed by atoms with Crippen molar-refractivity contribution in [3.05, 3.63) is 29.0 Å². The van der Waals surface area contributed by atoms with E-state index in [0.29, 0.717) is 0 Å². The Bertz CT molecular complexity index is 546. The molecule has 17 heavy (non-hydrogen) atoms. The van der Waals surface area contributed by atoms with Gasteiger partial charge in [0.25, 0.3) is 0 Å². The molecule has 0 spiro atoms. The van der Waals surface area contributed by atoms with Crippen molar-refractivity contribution in [1.29, 1.82) is 0 Å². The Balaban J connectivity index is 3.10. The fraction of sp³-hybridized carbons (Fsp3) is 0.222. The van der Waals surface area contributed by atoms with Gasteiger partial charge in [-0.25, -0.2) is 12.8 Å². The third kappa shape index (κ3) is 3.39. The van der Waals surface area contributed by atoms with Crippen LogP contribution in [0.2, 0.25) is 5.02 Å². The lowest BCUT2D eigenvalue weighted by molar-refractivity contribution is -0.138. The summed E-state index contributed by atoms with van der Waals surface area (Å²) in [6, 6.07) is 1.65. The van der Waals surface area contributed by atoms with Crippen LogP contribution in [0.15, 0.2) is 23.1 Å². The minimum absolute atomic E-state index is 0.0488. The zero-order chi connectivity index (χ0) is 13.2. The minimum atomic E-state index is -4.22. The van der Waals surface area contributed by atoms with Crippen molar-refractivity contribution in [3.63, 3.8) is 0 Å². The number of halogens is 2. The van der Waals surface area contributed by atoms with E-state index in [9.17, 15) is 17.6 Å². The Labute approximate surface area is 102 Å². The highest BCUT2D eigenvalue weighted by atomic mass is 35.5. The van der Waals surface area contributed by atoms with Gasteiger partial charge in [-0.05, 0) is 25.1 Å². The Morgan fingerprint density at radius 1 is 1.53 bits per heavy atom. The van der Waals surface area contributed by atoms with Crippen LogP contribution in [0, 0.1) is 5.82 Å². The molecule has 5 nitrogen and oxygen atoms in total. The second-order valence-electron chi connectivity index (χ2n) is 3.26. The van der Waals surface area contributed by atoms with Gasteiger partial charge in [0.1, 0.15) is 16.8 Å². The molecule has 0 aliphatic heterocycles. The maximum Gasteiger partial charge on any atom is 0.321 e. The first-order chi connectivity index (χ1) is 7.74. The molecule has 2 N–H and O–H groups in total. The summed E-state index contributed by atoms with van der Waals surface area (Å²) < 4.78 is 38.4. The molecule has 1 unspecified atom stereocenters. The van der Waals surface area contributed by atoms with E-state index >= 15 is 0 Å². The van der Waals surface area contributed by atoms with Crippen LogP contribution in [0.5, 0.6) is 0 Å². The van der Waals surface area contributed by atoms with Crippen LogP contribution in [-0.2, 0) is 14.8 Å². The molecule has 0 amide bonds. The van der Waals surface area contributed by atoms with Crippen LogP contribution >= 0.6 is 11.6 Å². The fourth-order valence-corrected chi connectivity index (χ4v) is 2.45. The number of benzene rings is 1. The zero-order valence-corrected chi connectivity index (χ0v) is 10.2. The van der Waals surface area contributed by atoms with Gasteiger partial charge >= 0.3 is 5.97 Å². The molecule has 0 heterocycles. The minimum Gasteiger partial charge on any atom is -0.480 e. The first kappa shape index (κ1) is 13.9. The van der Waals surface area contributed by atoms with E-state index in [1.807, 2.05) is 4.72 Å². The molecule has 0 saturated heterocycles. The number of aliphatic carboxylic acids is 1. The van der Waals surface area contributed by atoms with E-state index in [2.05, 4.69) is 0 Å². The molecule has 0 aliphatic carbocycles. The van der Waals surface area contributed by atoms with Crippen molar-refractivity contribution in [2.45, 2.75) is 17.9 Å². The molecule has 0 fully saturated rings. The summed E-state index contributed by atoms with van der Waals surface area (Å²) in [6.07, 6.45) is 0. The third-order valence-electron chi connectivity index (χ3n) is 1.89. The monoisotopic (exact) mass is 281 g/mol. The predicted molar refractivity (Wildman–Crippen MR) is 58.8 cm³/mol. The number of nitrogens with one attached hydrogen (secondary N) is 1. The molecule has 0 aromatic heterocycles. The van der Waals surface area contributed by atoms with Gasteiger partial charge in [0.05, 0.1) is 0 Å². The molecular formula is C9H9ClFNO4S. The van der Waals surface area contributed by atoms with Gasteiger partial charge in [-0.2, -0.15) is 4.72 Å². The molecule has 0 bridgehead atoms. The van der Waals surface area contributed by atoms with Crippen molar-refractivity contribution < 1.29 is 22.7 Å². The van der Waals surface area contributed by atoms with Crippen molar-refractivity contribution in [2.24, 2.45) is 0 Å². The van der Waals surface area contributed by atoms with Crippen LogP contribution in [0.25, 0.3) is 0 Å². The van der Waals surface area contributed by atoms with Crippen molar-refractivity contribution in [3.8, 4) is 0 Å². The number of rotatable bonds is 4. The van der Waals surface area contributed by atoms with Gasteiger partial charge in [-0.1, -0.05) is 11.6 Å². The molecule has 0 radical (unpaired) electrons. The standard InChI is InChI=1S/C9H9ClFNO4S/c1-5(9(13)14)12-17(15,16)8-3-2-6(10)4-7(8)11/h2-5,12H,1H3,(H,13,14). The molecule has 1 aromatic carbocycles. The highest BCUT2D eigenvalue weighted by Crippen LogP contribution is 2.18. The van der Waals surface area contributed by atoms with Crippen LogP contribution in [0.1, 0.15) is 6.92 Å². The van der Waals surface area contributed by atoms with Crippen LogP contribution in [0.3, 0.4) is 0 Å². The topological polar surface area (TPSA) is 83.5 Å². The molecule has 1 aromatic rings. The lowest BCUT2D eigenvalue weighted by Gasteiger charge is -2.10. The summed E-state index contributed by atoms with van der Waals surface area (Å²) in [7, 11) is -4.22. The molecular weight excluding hydrogens is 273 g/mol. The summed E-state index contributed by atoms with van der Waals surface area (Å²) in [6.45, 7) is 1.13. The summed E-state index contributed by atoms with van der Waals surface area (Å²) in [5.74, 6) is -2.40. The average molecular weight is 282 g/mol. The highest BCUT2D eigenvalue weighted by molar-refractivity contribution is 7.89. The Morgan fingerprint density at radius 3 is 2.59 bits per heavy atom. The van der Waals surface area contributed by atoms with Gasteiger partial charge in [0, 0.05) is 5.02 Å². The number of hydrogen-bond donors (Lipinski definition) is 2. The number of sulfonamides is 1. The van der Waals surface area contributed by atoms with E-state index < -0.39 is 32.7 Å². The predicted octanol–water partition coefficient (Wildman–Crippen LogP) is 1.23. The molecule has 1 rings (SSSR count). The number of carboxylic acids is 1. The lowest BCUT2D eigenvalue weighted by atomic mass is 10.3. The maximum absolute atomic E-state index is 13.3. The van der Waals surface area contributed by atoms with Crippen LogP contribution in [0.4, 0.5) is 4.39 Å². The maximum atomic E-state index is 13.3. The van der Waals surface area contributed by atoms with Gasteiger partial charge in [-0.3, -0.25) is 4.79 Å². The largest absolute Gasteiger partial charge is 0.480 e. The van der Waals surface area contributed by atoms with Gasteiger partial charge < -0.3 is 5.11 Å². The second kappa shape index (κ2) is 4.99. The van der Waals surface area contributed by atoms with Crippen molar-refractivity contribution in [1.82, 2.24) is 4.72 Å². The molecule has 0 aliphatic rings. The third-order valence-corrected chi connectivity index (χ3v) is 3.69. The molecule has 1 atom stereocenters. The SMILES string of the molecule is CC(NS(=O)(=O)c1ccc(Cl)cc1F)C(=O)O. The van der Waals surface area contributed by atoms with E-state index in [4.69, 9.17) is 16.7 Å². The normalized spacial score (nSPS) is 13.4. The Hall–Kier alpha value is -1.18. The zero-order valence-electron chi connectivity index (χ0n) is 8.65. The van der Waals surface area contributed by atoms with Crippen LogP contribution < -0.4 is 4.72 Å². The summed E-state index contributed by atoms with van der Waals surface area (Å²) in [5, 5.41) is 8.61. The van der Waals surface area contributed by atoms with E-state index in [-0.39, 0.29) is 5.02 Å². The summed E-state index contributed by atoms with van der Waals surface area (Å²) >= 11 is 5.47. The smallest absolute Gasteiger partial charge is 0.321 e.